The van der Waals surface area contributed by atoms with Gasteiger partial charge in [-0.15, -0.1) is 11.6 Å². The summed E-state index contributed by atoms with van der Waals surface area (Å²) >= 11 is 6.27. The summed E-state index contributed by atoms with van der Waals surface area (Å²) in [5, 5.41) is 6.32. The summed E-state index contributed by atoms with van der Waals surface area (Å²) < 4.78 is 27.1. The Balaban J connectivity index is 1.61. The van der Waals surface area contributed by atoms with Crippen LogP contribution < -0.4 is 21.5 Å². The van der Waals surface area contributed by atoms with Gasteiger partial charge in [0.1, 0.15) is 12.3 Å². The van der Waals surface area contributed by atoms with Crippen LogP contribution in [0.15, 0.2) is 4.99 Å². The Morgan fingerprint density at radius 1 is 1.14 bits per heavy atom. The average Bonchev–Trinajstić information content (AvgIpc) is 3.03. The molecule has 0 aromatic rings. The second kappa shape index (κ2) is 9.67. The Kier molecular flexibility index (Phi) is 7.50. The number of nitrogens with zero attached hydrogens (tertiary/aromatic N) is 1. The number of aliphatic imine (C=N–C) groups is 1. The zero-order chi connectivity index (χ0) is 20.3. The number of fused-ring (bicyclic) bond motifs is 1. The number of hydrazine groups is 1. The molecule has 7 atom stereocenters. The molecule has 9 heteroatoms. The van der Waals surface area contributed by atoms with Gasteiger partial charge in [-0.25, -0.2) is 14.2 Å². The number of halogens is 3. The van der Waals surface area contributed by atoms with Gasteiger partial charge >= 0.3 is 0 Å². The van der Waals surface area contributed by atoms with Crippen LogP contribution in [-0.4, -0.2) is 48.3 Å². The largest absolute Gasteiger partial charge is 0.339 e. The molecule has 0 spiro atoms. The fourth-order valence-corrected chi connectivity index (χ4v) is 4.55. The Morgan fingerprint density at radius 2 is 1.93 bits per heavy atom. The summed E-state index contributed by atoms with van der Waals surface area (Å²) in [7, 11) is 0. The molecule has 3 fully saturated rings. The van der Waals surface area contributed by atoms with E-state index in [1.807, 2.05) is 13.8 Å². The minimum absolute atomic E-state index is 0.0733. The van der Waals surface area contributed by atoms with Gasteiger partial charge in [-0.3, -0.25) is 20.5 Å². The van der Waals surface area contributed by atoms with Gasteiger partial charge in [0.05, 0.1) is 6.17 Å². The third kappa shape index (κ3) is 5.54. The topological polar surface area (TPSA) is 77.5 Å². The maximum absolute atomic E-state index is 13.7. The maximum atomic E-state index is 13.7. The molecule has 1 amide bonds. The van der Waals surface area contributed by atoms with Crippen LogP contribution in [0, 0.1) is 17.8 Å². The molecule has 4 N–H and O–H groups in total. The number of rotatable bonds is 4. The lowest BCUT2D eigenvalue weighted by Gasteiger charge is -2.31. The van der Waals surface area contributed by atoms with Crippen molar-refractivity contribution in [2.24, 2.45) is 22.7 Å². The Labute approximate surface area is 170 Å². The van der Waals surface area contributed by atoms with E-state index in [2.05, 4.69) is 26.5 Å². The number of carbonyl (C=O) groups excluding carboxylic acids is 1. The van der Waals surface area contributed by atoms with Crippen LogP contribution in [0.5, 0.6) is 0 Å². The van der Waals surface area contributed by atoms with Gasteiger partial charge in [-0.1, -0.05) is 13.8 Å². The van der Waals surface area contributed by atoms with Gasteiger partial charge < -0.3 is 5.32 Å². The molecule has 0 aromatic carbocycles. The zero-order valence-corrected chi connectivity index (χ0v) is 17.3. The fourth-order valence-electron chi connectivity index (χ4n) is 4.23. The molecule has 7 unspecified atom stereocenters. The predicted molar refractivity (Wildman–Crippen MR) is 106 cm³/mol. The van der Waals surface area contributed by atoms with Crippen molar-refractivity contribution in [3.63, 3.8) is 0 Å². The van der Waals surface area contributed by atoms with E-state index in [4.69, 9.17) is 11.6 Å². The first-order valence-corrected chi connectivity index (χ1v) is 10.8. The van der Waals surface area contributed by atoms with E-state index in [9.17, 15) is 13.6 Å². The van der Waals surface area contributed by atoms with E-state index < -0.39 is 18.3 Å². The lowest BCUT2D eigenvalue weighted by Crippen LogP contribution is -2.54. The van der Waals surface area contributed by atoms with Crippen molar-refractivity contribution < 1.29 is 13.6 Å². The minimum atomic E-state index is -1.57. The Morgan fingerprint density at radius 3 is 2.64 bits per heavy atom. The summed E-state index contributed by atoms with van der Waals surface area (Å²) in [6.07, 6.45) is 0.0991. The van der Waals surface area contributed by atoms with Crippen LogP contribution in [0.1, 0.15) is 52.4 Å². The van der Waals surface area contributed by atoms with Crippen LogP contribution in [0.25, 0.3) is 0 Å². The third-order valence-electron chi connectivity index (χ3n) is 5.90. The molecule has 6 nitrogen and oxygen atoms in total. The molecule has 0 bridgehead atoms. The van der Waals surface area contributed by atoms with E-state index in [0.717, 1.165) is 19.3 Å². The quantitative estimate of drug-likeness (QED) is 0.320. The van der Waals surface area contributed by atoms with Crippen LogP contribution in [-0.2, 0) is 4.79 Å². The second-order valence-corrected chi connectivity index (χ2v) is 9.32. The molecule has 160 valence electrons. The monoisotopic (exact) mass is 419 g/mol. The summed E-state index contributed by atoms with van der Waals surface area (Å²) in [4.78, 5) is 17.2. The predicted octanol–water partition coefficient (Wildman–Crippen LogP) is 2.39. The molecule has 0 aromatic heterocycles. The molecular weight excluding hydrogens is 388 g/mol. The van der Waals surface area contributed by atoms with Crippen molar-refractivity contribution in [3.05, 3.63) is 0 Å². The maximum Gasteiger partial charge on any atom is 0.229 e. The first-order chi connectivity index (χ1) is 13.3. The van der Waals surface area contributed by atoms with Crippen LogP contribution in [0.4, 0.5) is 8.78 Å². The molecule has 0 radical (unpaired) electrons. The number of carbonyl (C=O) groups is 1. The van der Waals surface area contributed by atoms with E-state index in [1.54, 1.807) is 0 Å². The van der Waals surface area contributed by atoms with Gasteiger partial charge in [0, 0.05) is 29.8 Å². The van der Waals surface area contributed by atoms with Crippen LogP contribution in [0.3, 0.4) is 0 Å². The molecule has 3 rings (SSSR count). The highest BCUT2D eigenvalue weighted by molar-refractivity contribution is 6.20. The van der Waals surface area contributed by atoms with Gasteiger partial charge in [0.15, 0.2) is 5.96 Å². The standard InChI is InChI=1S/C19H32ClF2N5O/c1-10(2)9-23-19(25-18(28)11-3-6-14(21)15(22)7-11)24-17-13-5-4-12(20)8-16(13)26-27-17/h10-17,26-27H,3-9H2,1-2H3,(H2,23,24,25,28). The number of alkyl halides is 3. The summed E-state index contributed by atoms with van der Waals surface area (Å²) in [5.41, 5.74) is 6.52. The molecular formula is C19H32ClF2N5O. The Bertz CT molecular complexity index is 579. The molecule has 3 aliphatic rings. The zero-order valence-electron chi connectivity index (χ0n) is 16.6. The number of nitrogens with one attached hydrogen (secondary N) is 4. The van der Waals surface area contributed by atoms with Gasteiger partial charge in [-0.2, -0.15) is 0 Å². The molecule has 1 aliphatic heterocycles. The number of amides is 1. The number of hydrogen-bond acceptors (Lipinski definition) is 4. The molecule has 2 saturated carbocycles. The summed E-state index contributed by atoms with van der Waals surface area (Å²) in [6, 6.07) is 0.280. The van der Waals surface area contributed by atoms with Crippen molar-refractivity contribution in [1.29, 1.82) is 0 Å². The minimum Gasteiger partial charge on any atom is -0.339 e. The van der Waals surface area contributed by atoms with Gasteiger partial charge in [0.2, 0.25) is 5.91 Å². The van der Waals surface area contributed by atoms with E-state index in [0.29, 0.717) is 30.8 Å². The molecule has 1 heterocycles. The van der Waals surface area contributed by atoms with Crippen molar-refractivity contribution in [1.82, 2.24) is 21.5 Å². The Hall–Kier alpha value is -0.990. The highest BCUT2D eigenvalue weighted by atomic mass is 35.5. The normalized spacial score (nSPS) is 38.9. The van der Waals surface area contributed by atoms with E-state index >= 15 is 0 Å². The van der Waals surface area contributed by atoms with Crippen LogP contribution >= 0.6 is 11.6 Å². The SMILES string of the molecule is CC(C)CN=C(NC(=O)C1CCC(F)C(F)C1)NC1NNC2CC(Cl)CCC21. The number of hydrogen-bond donors (Lipinski definition) is 4. The van der Waals surface area contributed by atoms with Gasteiger partial charge in [0.25, 0.3) is 0 Å². The fraction of sp³-hybridized carbons (Fsp3) is 0.895. The second-order valence-electron chi connectivity index (χ2n) is 8.71. The van der Waals surface area contributed by atoms with Gasteiger partial charge in [-0.05, 0) is 44.4 Å². The molecule has 2 aliphatic carbocycles. The third-order valence-corrected chi connectivity index (χ3v) is 6.30. The van der Waals surface area contributed by atoms with Crippen LogP contribution in [0.2, 0.25) is 0 Å². The summed E-state index contributed by atoms with van der Waals surface area (Å²) in [5.74, 6) is 0.247. The molecule has 1 saturated heterocycles. The van der Waals surface area contributed by atoms with Crippen molar-refractivity contribution >= 4 is 23.5 Å². The summed E-state index contributed by atoms with van der Waals surface area (Å²) in [6.45, 7) is 4.65. The highest BCUT2D eigenvalue weighted by Gasteiger charge is 2.40. The first-order valence-electron chi connectivity index (χ1n) is 10.4. The van der Waals surface area contributed by atoms with E-state index in [1.165, 1.54) is 0 Å². The lowest BCUT2D eigenvalue weighted by atomic mass is 9.84. The van der Waals surface area contributed by atoms with Crippen molar-refractivity contribution in [2.75, 3.05) is 6.54 Å². The highest BCUT2D eigenvalue weighted by Crippen LogP contribution is 2.32. The van der Waals surface area contributed by atoms with Crippen molar-refractivity contribution in [2.45, 2.75) is 82.3 Å². The average molecular weight is 420 g/mol. The van der Waals surface area contributed by atoms with Crippen molar-refractivity contribution in [3.8, 4) is 0 Å². The first kappa shape index (κ1) is 21.7. The number of guanidine groups is 1. The lowest BCUT2D eigenvalue weighted by molar-refractivity contribution is -0.125. The van der Waals surface area contributed by atoms with E-state index in [-0.39, 0.29) is 36.3 Å². The smallest absolute Gasteiger partial charge is 0.229 e. The molecule has 28 heavy (non-hydrogen) atoms.